The van der Waals surface area contributed by atoms with Crippen LogP contribution < -0.4 is 5.32 Å². The van der Waals surface area contributed by atoms with Gasteiger partial charge < -0.3 is 14.8 Å². The minimum atomic E-state index is -0.277. The molecule has 2 amide bonds. The zero-order chi connectivity index (χ0) is 18.8. The molecule has 0 radical (unpaired) electrons. The van der Waals surface area contributed by atoms with E-state index in [9.17, 15) is 9.18 Å². The van der Waals surface area contributed by atoms with E-state index in [4.69, 9.17) is 0 Å². The van der Waals surface area contributed by atoms with Crippen molar-refractivity contribution in [3.63, 3.8) is 0 Å². The van der Waals surface area contributed by atoms with Gasteiger partial charge in [0.25, 0.3) is 0 Å². The predicted molar refractivity (Wildman–Crippen MR) is 103 cm³/mol. The van der Waals surface area contributed by atoms with Crippen molar-refractivity contribution in [1.29, 1.82) is 0 Å². The summed E-state index contributed by atoms with van der Waals surface area (Å²) in [6, 6.07) is 18.4. The molecule has 1 N–H and O–H groups in total. The topological polar surface area (TPSA) is 37.3 Å². The van der Waals surface area contributed by atoms with E-state index in [0.29, 0.717) is 13.1 Å². The summed E-state index contributed by atoms with van der Waals surface area (Å²) in [7, 11) is 0. The first-order chi connectivity index (χ1) is 13.2. The zero-order valence-corrected chi connectivity index (χ0v) is 15.2. The third-order valence-corrected chi connectivity index (χ3v) is 5.09. The van der Waals surface area contributed by atoms with Gasteiger partial charge in [-0.3, -0.25) is 0 Å². The van der Waals surface area contributed by atoms with Gasteiger partial charge >= 0.3 is 6.03 Å². The minimum absolute atomic E-state index is 0.0133. The number of urea groups is 1. The lowest BCUT2D eigenvalue weighted by molar-refractivity contribution is 0.167. The first-order valence-electron chi connectivity index (χ1n) is 9.22. The molecule has 2 heterocycles. The molecule has 4 nitrogen and oxygen atoms in total. The number of nitrogens with zero attached hydrogens (tertiary/aromatic N) is 2. The maximum atomic E-state index is 13.1. The van der Waals surface area contributed by atoms with Crippen LogP contribution in [0.25, 0.3) is 5.69 Å². The standard InChI is InChI=1S/C22H22FN3O/c1-2-19-21-8-5-13-25(21)20-7-4-3-6-17(20)15-26(19)22(27)24-14-16-9-11-18(23)12-10-16/h3-13,19H,2,14-15H2,1H3,(H,24,27)/t19-/m1/s1. The number of carbonyl (C=O) groups excluding carboxylic acids is 1. The number of nitrogens with one attached hydrogen (secondary N) is 1. The monoisotopic (exact) mass is 363 g/mol. The molecule has 0 spiro atoms. The molecule has 1 aromatic heterocycles. The van der Waals surface area contributed by atoms with Gasteiger partial charge in [-0.1, -0.05) is 37.3 Å². The SMILES string of the molecule is CC[C@@H]1c2cccn2-c2ccccc2CN1C(=O)NCc1ccc(F)cc1. The van der Waals surface area contributed by atoms with Crippen LogP contribution in [-0.4, -0.2) is 15.5 Å². The van der Waals surface area contributed by atoms with Crippen molar-refractivity contribution in [2.45, 2.75) is 32.5 Å². The zero-order valence-electron chi connectivity index (χ0n) is 15.2. The maximum Gasteiger partial charge on any atom is 0.318 e. The van der Waals surface area contributed by atoms with Crippen LogP contribution in [0.15, 0.2) is 66.9 Å². The second-order valence-corrected chi connectivity index (χ2v) is 6.77. The molecule has 0 unspecified atom stereocenters. The molecule has 138 valence electrons. The van der Waals surface area contributed by atoms with Gasteiger partial charge in [0.1, 0.15) is 5.82 Å². The van der Waals surface area contributed by atoms with Crippen molar-refractivity contribution in [1.82, 2.24) is 14.8 Å². The van der Waals surface area contributed by atoms with E-state index in [1.807, 2.05) is 23.1 Å². The van der Waals surface area contributed by atoms with Gasteiger partial charge in [-0.15, -0.1) is 0 Å². The van der Waals surface area contributed by atoms with Crippen LogP contribution in [-0.2, 0) is 13.1 Å². The molecule has 0 aliphatic carbocycles. The van der Waals surface area contributed by atoms with E-state index in [-0.39, 0.29) is 17.9 Å². The fourth-order valence-corrected chi connectivity index (χ4v) is 3.74. The van der Waals surface area contributed by atoms with Crippen molar-refractivity contribution in [3.8, 4) is 5.69 Å². The van der Waals surface area contributed by atoms with E-state index in [1.54, 1.807) is 12.1 Å². The molecule has 1 aliphatic rings. The highest BCUT2D eigenvalue weighted by Crippen LogP contribution is 2.33. The number of carbonyl (C=O) groups is 1. The van der Waals surface area contributed by atoms with Crippen LogP contribution in [0.4, 0.5) is 9.18 Å². The van der Waals surface area contributed by atoms with Crippen LogP contribution in [0.2, 0.25) is 0 Å². The molecule has 3 aromatic rings. The number of rotatable bonds is 3. The largest absolute Gasteiger partial charge is 0.334 e. The lowest BCUT2D eigenvalue weighted by Gasteiger charge is -2.29. The Balaban J connectivity index is 1.61. The van der Waals surface area contributed by atoms with Crippen molar-refractivity contribution in [2.75, 3.05) is 0 Å². The summed E-state index contributed by atoms with van der Waals surface area (Å²) in [5.41, 5.74) is 4.21. The maximum absolute atomic E-state index is 13.1. The number of para-hydroxylation sites is 1. The third-order valence-electron chi connectivity index (χ3n) is 5.09. The van der Waals surface area contributed by atoms with E-state index in [0.717, 1.165) is 28.9 Å². The van der Waals surface area contributed by atoms with Crippen molar-refractivity contribution in [3.05, 3.63) is 89.5 Å². The molecule has 4 rings (SSSR count). The Morgan fingerprint density at radius 2 is 1.89 bits per heavy atom. The molecule has 2 aromatic carbocycles. The van der Waals surface area contributed by atoms with Gasteiger partial charge in [0.15, 0.2) is 0 Å². The fourth-order valence-electron chi connectivity index (χ4n) is 3.74. The molecule has 0 saturated carbocycles. The number of hydrogen-bond acceptors (Lipinski definition) is 1. The minimum Gasteiger partial charge on any atom is -0.334 e. The summed E-state index contributed by atoms with van der Waals surface area (Å²) >= 11 is 0. The Hall–Kier alpha value is -3.08. The Labute approximate surface area is 158 Å². The lowest BCUT2D eigenvalue weighted by atomic mass is 10.1. The average molecular weight is 363 g/mol. The summed E-state index contributed by atoms with van der Waals surface area (Å²) < 4.78 is 15.2. The molecule has 0 fully saturated rings. The Morgan fingerprint density at radius 1 is 1.11 bits per heavy atom. The first-order valence-corrected chi connectivity index (χ1v) is 9.22. The van der Waals surface area contributed by atoms with Crippen molar-refractivity contribution < 1.29 is 9.18 Å². The predicted octanol–water partition coefficient (Wildman–Crippen LogP) is 4.79. The number of hydrogen-bond donors (Lipinski definition) is 1. The molecule has 5 heteroatoms. The summed E-state index contributed by atoms with van der Waals surface area (Å²) in [4.78, 5) is 14.9. The van der Waals surface area contributed by atoms with Crippen LogP contribution in [0.1, 0.15) is 36.2 Å². The summed E-state index contributed by atoms with van der Waals surface area (Å²) in [6.07, 6.45) is 2.87. The number of amides is 2. The number of aromatic nitrogens is 1. The fraction of sp³-hybridized carbons (Fsp3) is 0.227. The Kier molecular flexibility index (Phi) is 4.67. The highest BCUT2D eigenvalue weighted by molar-refractivity contribution is 5.75. The van der Waals surface area contributed by atoms with Gasteiger partial charge in [-0.2, -0.15) is 0 Å². The second-order valence-electron chi connectivity index (χ2n) is 6.77. The van der Waals surface area contributed by atoms with E-state index in [2.05, 4.69) is 41.2 Å². The van der Waals surface area contributed by atoms with Gasteiger partial charge in [-0.05, 0) is 47.9 Å². The Morgan fingerprint density at radius 3 is 2.67 bits per heavy atom. The number of benzene rings is 2. The summed E-state index contributed by atoms with van der Waals surface area (Å²) in [5, 5.41) is 2.99. The van der Waals surface area contributed by atoms with Crippen LogP contribution in [0.5, 0.6) is 0 Å². The highest BCUT2D eigenvalue weighted by Gasteiger charge is 2.30. The normalized spacial score (nSPS) is 15.6. The van der Waals surface area contributed by atoms with Crippen LogP contribution >= 0.6 is 0 Å². The molecular weight excluding hydrogens is 341 g/mol. The van der Waals surface area contributed by atoms with Crippen molar-refractivity contribution >= 4 is 6.03 Å². The highest BCUT2D eigenvalue weighted by atomic mass is 19.1. The number of fused-ring (bicyclic) bond motifs is 3. The van der Waals surface area contributed by atoms with E-state index in [1.165, 1.54) is 12.1 Å². The molecule has 1 aliphatic heterocycles. The number of halogens is 1. The second kappa shape index (κ2) is 7.27. The lowest BCUT2D eigenvalue weighted by Crippen LogP contribution is -2.41. The smallest absolute Gasteiger partial charge is 0.318 e. The van der Waals surface area contributed by atoms with Gasteiger partial charge in [0, 0.05) is 18.4 Å². The third kappa shape index (κ3) is 3.33. The summed E-state index contributed by atoms with van der Waals surface area (Å²) in [5.74, 6) is -0.277. The van der Waals surface area contributed by atoms with Gasteiger partial charge in [0.05, 0.1) is 18.3 Å². The van der Waals surface area contributed by atoms with Crippen LogP contribution in [0.3, 0.4) is 0 Å². The van der Waals surface area contributed by atoms with E-state index < -0.39 is 0 Å². The molecule has 1 atom stereocenters. The van der Waals surface area contributed by atoms with Gasteiger partial charge in [-0.25, -0.2) is 9.18 Å². The first kappa shape index (κ1) is 17.3. The quantitative estimate of drug-likeness (QED) is 0.713. The Bertz CT molecular complexity index is 948. The van der Waals surface area contributed by atoms with E-state index >= 15 is 0 Å². The molecular formula is C22H22FN3O. The average Bonchev–Trinajstić information content (AvgIpc) is 3.12. The van der Waals surface area contributed by atoms with Gasteiger partial charge in [0.2, 0.25) is 0 Å². The molecule has 0 saturated heterocycles. The molecule has 27 heavy (non-hydrogen) atoms. The van der Waals surface area contributed by atoms with Crippen molar-refractivity contribution in [2.24, 2.45) is 0 Å². The summed E-state index contributed by atoms with van der Waals surface area (Å²) in [6.45, 7) is 3.01. The molecule has 0 bridgehead atoms. The van der Waals surface area contributed by atoms with Crippen LogP contribution in [0, 0.1) is 5.82 Å².